The van der Waals surface area contributed by atoms with E-state index in [2.05, 4.69) is 65.3 Å². The maximum atomic E-state index is 10.5. The van der Waals surface area contributed by atoms with Crippen LogP contribution in [0.1, 0.15) is 19.3 Å². The molecular formula is C25H29N3O2. The Kier molecular flexibility index (Phi) is 6.29. The normalized spacial score (nSPS) is 15.3. The Balaban J connectivity index is 1.48. The van der Waals surface area contributed by atoms with E-state index in [1.165, 1.54) is 5.69 Å². The van der Waals surface area contributed by atoms with Crippen LogP contribution in [0.15, 0.2) is 54.7 Å². The number of carbonyl (C=O) groups excluding carboxylic acids is 1. The van der Waals surface area contributed by atoms with E-state index in [0.29, 0.717) is 6.42 Å². The van der Waals surface area contributed by atoms with E-state index in [0.717, 1.165) is 66.5 Å². The summed E-state index contributed by atoms with van der Waals surface area (Å²) in [5.41, 5.74) is 4.43. The zero-order chi connectivity index (χ0) is 20.9. The molecule has 156 valence electrons. The van der Waals surface area contributed by atoms with Crippen LogP contribution in [0.5, 0.6) is 5.75 Å². The molecule has 5 heteroatoms. The number of hydrogen-bond donors (Lipinski definition) is 0. The smallest absolute Gasteiger partial charge is 0.121 e. The number of likely N-dealkylation sites (tertiary alicyclic amines) is 1. The van der Waals surface area contributed by atoms with Crippen LogP contribution in [0.2, 0.25) is 0 Å². The third-order valence-electron chi connectivity index (χ3n) is 5.76. The Hall–Kier alpha value is -2.92. The number of rotatable bonds is 7. The van der Waals surface area contributed by atoms with Crippen LogP contribution < -0.4 is 9.64 Å². The standard InChI is InChI=1S/C25H29N3O2/c1-27(2)25-22-6-3-4-7-24(22)26-18-23(25)19-8-10-20(11-9-19)30-21-12-15-28(16-13-21)14-5-17-29/h3-4,6-11,17-18,21H,5,12-16H2,1-2H3. The molecule has 0 N–H and O–H groups in total. The van der Waals surface area contributed by atoms with Crippen LogP contribution in [0.3, 0.4) is 0 Å². The molecule has 1 saturated heterocycles. The van der Waals surface area contributed by atoms with E-state index in [-0.39, 0.29) is 6.10 Å². The Morgan fingerprint density at radius 3 is 2.53 bits per heavy atom. The third kappa shape index (κ3) is 4.46. The van der Waals surface area contributed by atoms with E-state index in [1.807, 2.05) is 18.3 Å². The molecule has 1 aliphatic heterocycles. The second-order valence-electron chi connectivity index (χ2n) is 8.07. The molecule has 0 spiro atoms. The van der Waals surface area contributed by atoms with Crippen LogP contribution in [0, 0.1) is 0 Å². The number of aldehydes is 1. The first-order valence-electron chi connectivity index (χ1n) is 10.6. The van der Waals surface area contributed by atoms with E-state index in [1.54, 1.807) is 0 Å². The van der Waals surface area contributed by atoms with Gasteiger partial charge in [0.15, 0.2) is 0 Å². The minimum atomic E-state index is 0.239. The molecule has 1 aromatic heterocycles. The predicted octanol–water partition coefficient (Wildman–Crippen LogP) is 4.40. The van der Waals surface area contributed by atoms with Crippen LogP contribution in [-0.4, -0.2) is 56.0 Å². The van der Waals surface area contributed by atoms with E-state index >= 15 is 0 Å². The number of fused-ring (bicyclic) bond motifs is 1. The van der Waals surface area contributed by atoms with Crippen molar-refractivity contribution < 1.29 is 9.53 Å². The molecule has 0 saturated carbocycles. The van der Waals surface area contributed by atoms with Gasteiger partial charge in [-0.3, -0.25) is 4.98 Å². The summed E-state index contributed by atoms with van der Waals surface area (Å²) in [4.78, 5) is 19.7. The van der Waals surface area contributed by atoms with Crippen molar-refractivity contribution in [1.82, 2.24) is 9.88 Å². The molecule has 0 unspecified atom stereocenters. The monoisotopic (exact) mass is 403 g/mol. The largest absolute Gasteiger partial charge is 0.490 e. The van der Waals surface area contributed by atoms with Gasteiger partial charge in [0.2, 0.25) is 0 Å². The maximum Gasteiger partial charge on any atom is 0.121 e. The van der Waals surface area contributed by atoms with E-state index in [9.17, 15) is 4.79 Å². The molecule has 2 aromatic carbocycles. The lowest BCUT2D eigenvalue weighted by atomic mass is 10.0. The lowest BCUT2D eigenvalue weighted by Crippen LogP contribution is -2.38. The quantitative estimate of drug-likeness (QED) is 0.547. The summed E-state index contributed by atoms with van der Waals surface area (Å²) >= 11 is 0. The van der Waals surface area contributed by atoms with Crippen LogP contribution in [0.25, 0.3) is 22.0 Å². The first-order chi connectivity index (χ1) is 14.7. The van der Waals surface area contributed by atoms with Crippen molar-refractivity contribution in [2.45, 2.75) is 25.4 Å². The highest BCUT2D eigenvalue weighted by Crippen LogP contribution is 2.36. The Bertz CT molecular complexity index is 993. The van der Waals surface area contributed by atoms with Crippen molar-refractivity contribution in [1.29, 1.82) is 0 Å². The number of aromatic nitrogens is 1. The minimum absolute atomic E-state index is 0.239. The number of hydrogen-bond acceptors (Lipinski definition) is 5. The predicted molar refractivity (Wildman–Crippen MR) is 122 cm³/mol. The average molecular weight is 404 g/mol. The van der Waals surface area contributed by atoms with Gasteiger partial charge in [0.05, 0.1) is 11.2 Å². The number of para-hydroxylation sites is 1. The third-order valence-corrected chi connectivity index (χ3v) is 5.76. The van der Waals surface area contributed by atoms with Crippen molar-refractivity contribution in [2.24, 2.45) is 0 Å². The summed E-state index contributed by atoms with van der Waals surface area (Å²) in [6.07, 6.45) is 5.81. The molecule has 0 atom stereocenters. The van der Waals surface area contributed by atoms with Crippen LogP contribution >= 0.6 is 0 Å². The van der Waals surface area contributed by atoms with Gasteiger partial charge in [-0.15, -0.1) is 0 Å². The van der Waals surface area contributed by atoms with Gasteiger partial charge in [-0.2, -0.15) is 0 Å². The lowest BCUT2D eigenvalue weighted by molar-refractivity contribution is -0.108. The van der Waals surface area contributed by atoms with Crippen molar-refractivity contribution in [2.75, 3.05) is 38.6 Å². The average Bonchev–Trinajstić information content (AvgIpc) is 2.78. The summed E-state index contributed by atoms with van der Waals surface area (Å²) in [7, 11) is 4.15. The zero-order valence-corrected chi connectivity index (χ0v) is 17.8. The number of piperidine rings is 1. The molecule has 30 heavy (non-hydrogen) atoms. The molecule has 2 heterocycles. The Labute approximate surface area is 178 Å². The van der Waals surface area contributed by atoms with Crippen LogP contribution in [-0.2, 0) is 4.79 Å². The summed E-state index contributed by atoms with van der Waals surface area (Å²) < 4.78 is 6.22. The van der Waals surface area contributed by atoms with Crippen molar-refractivity contribution >= 4 is 22.9 Å². The number of pyridine rings is 1. The summed E-state index contributed by atoms with van der Waals surface area (Å²) in [6, 6.07) is 16.6. The highest BCUT2D eigenvalue weighted by molar-refractivity contribution is 5.99. The number of benzene rings is 2. The second kappa shape index (κ2) is 9.26. The number of anilines is 1. The maximum absolute atomic E-state index is 10.5. The molecule has 0 aliphatic carbocycles. The molecule has 3 aromatic rings. The van der Waals surface area contributed by atoms with Gasteiger partial charge in [0.25, 0.3) is 0 Å². The fourth-order valence-corrected chi connectivity index (χ4v) is 4.21. The van der Waals surface area contributed by atoms with Gasteiger partial charge in [-0.05, 0) is 36.6 Å². The van der Waals surface area contributed by atoms with Gasteiger partial charge < -0.3 is 19.3 Å². The number of ether oxygens (including phenoxy) is 1. The van der Waals surface area contributed by atoms with E-state index in [4.69, 9.17) is 4.74 Å². The van der Waals surface area contributed by atoms with Gasteiger partial charge in [0, 0.05) is 57.3 Å². The topological polar surface area (TPSA) is 45.7 Å². The zero-order valence-electron chi connectivity index (χ0n) is 17.8. The molecular weight excluding hydrogens is 374 g/mol. The molecule has 0 amide bonds. The number of carbonyl (C=O) groups is 1. The molecule has 1 aliphatic rings. The van der Waals surface area contributed by atoms with Crippen molar-refractivity contribution in [3.63, 3.8) is 0 Å². The van der Waals surface area contributed by atoms with Crippen molar-refractivity contribution in [3.8, 4) is 16.9 Å². The molecule has 0 bridgehead atoms. The van der Waals surface area contributed by atoms with Crippen molar-refractivity contribution in [3.05, 3.63) is 54.7 Å². The summed E-state index contributed by atoms with van der Waals surface area (Å²) in [5, 5.41) is 1.15. The van der Waals surface area contributed by atoms with Gasteiger partial charge >= 0.3 is 0 Å². The molecule has 5 nitrogen and oxygen atoms in total. The van der Waals surface area contributed by atoms with Crippen LogP contribution in [0.4, 0.5) is 5.69 Å². The highest BCUT2D eigenvalue weighted by Gasteiger charge is 2.20. The second-order valence-corrected chi connectivity index (χ2v) is 8.07. The Morgan fingerprint density at radius 1 is 1.10 bits per heavy atom. The highest BCUT2D eigenvalue weighted by atomic mass is 16.5. The fraction of sp³-hybridized carbons (Fsp3) is 0.360. The summed E-state index contributed by atoms with van der Waals surface area (Å²) in [5.74, 6) is 0.908. The van der Waals surface area contributed by atoms with E-state index < -0.39 is 0 Å². The lowest BCUT2D eigenvalue weighted by Gasteiger charge is -2.31. The molecule has 1 fully saturated rings. The van der Waals surface area contributed by atoms with Gasteiger partial charge in [-0.25, -0.2) is 0 Å². The minimum Gasteiger partial charge on any atom is -0.490 e. The fourth-order valence-electron chi connectivity index (χ4n) is 4.21. The Morgan fingerprint density at radius 2 is 1.83 bits per heavy atom. The molecule has 4 rings (SSSR count). The van der Waals surface area contributed by atoms with Gasteiger partial charge in [-0.1, -0.05) is 30.3 Å². The van der Waals surface area contributed by atoms with Gasteiger partial charge in [0.1, 0.15) is 18.1 Å². The molecule has 0 radical (unpaired) electrons. The number of nitrogens with zero attached hydrogens (tertiary/aromatic N) is 3. The SMILES string of the molecule is CN(C)c1c(-c2ccc(OC3CCN(CCC=O)CC3)cc2)cnc2ccccc12. The summed E-state index contributed by atoms with van der Waals surface area (Å²) in [6.45, 7) is 2.84. The first-order valence-corrected chi connectivity index (χ1v) is 10.6. The first kappa shape index (κ1) is 20.4.